The van der Waals surface area contributed by atoms with Gasteiger partial charge in [0.25, 0.3) is 0 Å². The number of hydrogen-bond acceptors (Lipinski definition) is 4. The van der Waals surface area contributed by atoms with E-state index in [1.54, 1.807) is 20.8 Å². The van der Waals surface area contributed by atoms with Crippen LogP contribution in [-0.4, -0.2) is 28.7 Å². The van der Waals surface area contributed by atoms with Gasteiger partial charge >= 0.3 is 11.9 Å². The molecule has 0 aliphatic rings. The summed E-state index contributed by atoms with van der Waals surface area (Å²) in [6.45, 7) is 4.95. The van der Waals surface area contributed by atoms with Crippen molar-refractivity contribution in [2.75, 3.05) is 0 Å². The molecule has 0 radical (unpaired) electrons. The van der Waals surface area contributed by atoms with Crippen molar-refractivity contribution in [3.8, 4) is 12.3 Å². The molecule has 0 fully saturated rings. The highest BCUT2D eigenvalue weighted by Gasteiger charge is 2.35. The number of carboxylic acids is 1. The molecule has 0 aromatic carbocycles. The quantitative estimate of drug-likeness (QED) is 0.411. The number of rotatable bonds is 4. The van der Waals surface area contributed by atoms with E-state index in [1.807, 2.05) is 0 Å². The van der Waals surface area contributed by atoms with Gasteiger partial charge in [0.2, 0.25) is 0 Å². The standard InChI is InChI=1S/C11H17NO4/c1-5-6-7(12)8(9(13)14)10(15)16-11(2,3)4/h1,7-8H,6,12H2,2-4H3,(H,13,14)/t7-,8+/m1/s1. The number of carboxylic acid groups (broad SMARTS) is 1. The van der Waals surface area contributed by atoms with Crippen LogP contribution in [0.1, 0.15) is 27.2 Å². The van der Waals surface area contributed by atoms with Gasteiger partial charge in [-0.05, 0) is 20.8 Å². The number of nitrogens with two attached hydrogens (primary N) is 1. The van der Waals surface area contributed by atoms with Crippen LogP contribution in [0.2, 0.25) is 0 Å². The van der Waals surface area contributed by atoms with Crippen LogP contribution in [-0.2, 0) is 14.3 Å². The van der Waals surface area contributed by atoms with E-state index in [4.69, 9.17) is 22.0 Å². The van der Waals surface area contributed by atoms with Crippen LogP contribution in [0.5, 0.6) is 0 Å². The SMILES string of the molecule is C#CC[C@@H](N)[C@@H](C(=O)O)C(=O)OC(C)(C)C. The van der Waals surface area contributed by atoms with Gasteiger partial charge in [0.1, 0.15) is 5.60 Å². The number of carbonyl (C=O) groups excluding carboxylic acids is 1. The van der Waals surface area contributed by atoms with Crippen LogP contribution >= 0.6 is 0 Å². The van der Waals surface area contributed by atoms with E-state index in [0.29, 0.717) is 0 Å². The Kier molecular flexibility index (Phi) is 4.99. The fraction of sp³-hybridized carbons (Fsp3) is 0.636. The Morgan fingerprint density at radius 3 is 2.31 bits per heavy atom. The Bertz CT molecular complexity index is 311. The maximum Gasteiger partial charge on any atom is 0.322 e. The molecular weight excluding hydrogens is 210 g/mol. The third-order valence-corrected chi connectivity index (χ3v) is 1.71. The third-order valence-electron chi connectivity index (χ3n) is 1.71. The lowest BCUT2D eigenvalue weighted by Gasteiger charge is -2.24. The smallest absolute Gasteiger partial charge is 0.322 e. The van der Waals surface area contributed by atoms with Crippen molar-refractivity contribution in [2.45, 2.75) is 38.8 Å². The summed E-state index contributed by atoms with van der Waals surface area (Å²) >= 11 is 0. The van der Waals surface area contributed by atoms with Gasteiger partial charge < -0.3 is 15.6 Å². The molecular formula is C11H17NO4. The number of carbonyl (C=O) groups is 2. The zero-order valence-corrected chi connectivity index (χ0v) is 9.69. The maximum absolute atomic E-state index is 11.6. The van der Waals surface area contributed by atoms with E-state index in [1.165, 1.54) is 0 Å². The lowest BCUT2D eigenvalue weighted by molar-refractivity contribution is -0.167. The molecule has 90 valence electrons. The molecule has 0 spiro atoms. The van der Waals surface area contributed by atoms with Crippen molar-refractivity contribution in [1.82, 2.24) is 0 Å². The zero-order chi connectivity index (χ0) is 12.9. The summed E-state index contributed by atoms with van der Waals surface area (Å²) in [6, 6.07) is -0.933. The highest BCUT2D eigenvalue weighted by molar-refractivity contribution is 5.95. The van der Waals surface area contributed by atoms with Gasteiger partial charge in [-0.15, -0.1) is 12.3 Å². The molecule has 0 aliphatic carbocycles. The lowest BCUT2D eigenvalue weighted by Crippen LogP contribution is -2.43. The van der Waals surface area contributed by atoms with Crippen molar-refractivity contribution >= 4 is 11.9 Å². The molecule has 0 amide bonds. The lowest BCUT2D eigenvalue weighted by atomic mass is 9.98. The number of terminal acetylenes is 1. The summed E-state index contributed by atoms with van der Waals surface area (Å²) in [4.78, 5) is 22.5. The second kappa shape index (κ2) is 5.52. The molecule has 2 atom stereocenters. The van der Waals surface area contributed by atoms with E-state index in [0.717, 1.165) is 0 Å². The largest absolute Gasteiger partial charge is 0.481 e. The van der Waals surface area contributed by atoms with Gasteiger partial charge in [-0.25, -0.2) is 0 Å². The molecule has 0 bridgehead atoms. The van der Waals surface area contributed by atoms with Crippen molar-refractivity contribution in [1.29, 1.82) is 0 Å². The number of aliphatic carboxylic acids is 1. The molecule has 16 heavy (non-hydrogen) atoms. The van der Waals surface area contributed by atoms with Crippen molar-refractivity contribution in [3.05, 3.63) is 0 Å². The number of ether oxygens (including phenoxy) is 1. The normalized spacial score (nSPS) is 14.7. The molecule has 0 heterocycles. The van der Waals surface area contributed by atoms with Gasteiger partial charge in [-0.1, -0.05) is 0 Å². The Morgan fingerprint density at radius 1 is 1.50 bits per heavy atom. The van der Waals surface area contributed by atoms with E-state index in [-0.39, 0.29) is 6.42 Å². The summed E-state index contributed by atoms with van der Waals surface area (Å²) in [5.41, 5.74) is 4.78. The van der Waals surface area contributed by atoms with Gasteiger partial charge in [0, 0.05) is 12.5 Å². The van der Waals surface area contributed by atoms with Crippen LogP contribution in [0.15, 0.2) is 0 Å². The first kappa shape index (κ1) is 14.5. The van der Waals surface area contributed by atoms with E-state index >= 15 is 0 Å². The topological polar surface area (TPSA) is 89.6 Å². The molecule has 0 rings (SSSR count). The molecule has 5 nitrogen and oxygen atoms in total. The molecule has 0 saturated carbocycles. The van der Waals surface area contributed by atoms with Gasteiger partial charge in [0.05, 0.1) is 0 Å². The minimum Gasteiger partial charge on any atom is -0.481 e. The minimum absolute atomic E-state index is 0.0101. The van der Waals surface area contributed by atoms with Crippen LogP contribution in [0, 0.1) is 18.3 Å². The first-order chi connectivity index (χ1) is 7.19. The fourth-order valence-electron chi connectivity index (χ4n) is 1.08. The highest BCUT2D eigenvalue weighted by Crippen LogP contribution is 2.14. The Hall–Kier alpha value is -1.54. The molecule has 0 saturated heterocycles. The van der Waals surface area contributed by atoms with Crippen LogP contribution < -0.4 is 5.73 Å². The summed E-state index contributed by atoms with van der Waals surface area (Å²) in [5.74, 6) is -1.38. The van der Waals surface area contributed by atoms with Crippen molar-refractivity contribution < 1.29 is 19.4 Å². The predicted octanol–water partition coefficient (Wildman–Crippen LogP) is 0.379. The van der Waals surface area contributed by atoms with Gasteiger partial charge in [-0.3, -0.25) is 9.59 Å². The molecule has 0 aromatic rings. The zero-order valence-electron chi connectivity index (χ0n) is 9.69. The van der Waals surface area contributed by atoms with E-state index < -0.39 is 29.5 Å². The Morgan fingerprint density at radius 2 is 2.00 bits per heavy atom. The van der Waals surface area contributed by atoms with Crippen LogP contribution in [0.3, 0.4) is 0 Å². The summed E-state index contributed by atoms with van der Waals surface area (Å²) in [6.07, 6.45) is 5.03. The average molecular weight is 227 g/mol. The monoisotopic (exact) mass is 227 g/mol. The van der Waals surface area contributed by atoms with E-state index in [2.05, 4.69) is 5.92 Å². The highest BCUT2D eigenvalue weighted by atomic mass is 16.6. The molecule has 0 aromatic heterocycles. The average Bonchev–Trinajstić information content (AvgIpc) is 1.99. The first-order valence-electron chi connectivity index (χ1n) is 4.83. The third kappa shape index (κ3) is 4.80. The molecule has 0 unspecified atom stereocenters. The maximum atomic E-state index is 11.6. The van der Waals surface area contributed by atoms with Crippen molar-refractivity contribution in [2.24, 2.45) is 11.7 Å². The molecule has 3 N–H and O–H groups in total. The predicted molar refractivity (Wildman–Crippen MR) is 58.4 cm³/mol. The first-order valence-corrected chi connectivity index (χ1v) is 4.83. The summed E-state index contributed by atoms with van der Waals surface area (Å²) in [7, 11) is 0. The number of esters is 1. The molecule has 5 heteroatoms. The molecule has 0 aliphatic heterocycles. The fourth-order valence-corrected chi connectivity index (χ4v) is 1.08. The minimum atomic E-state index is -1.42. The van der Waals surface area contributed by atoms with Gasteiger partial charge in [0.15, 0.2) is 5.92 Å². The Balaban J connectivity index is 4.75. The summed E-state index contributed by atoms with van der Waals surface area (Å²) in [5, 5.41) is 8.89. The summed E-state index contributed by atoms with van der Waals surface area (Å²) < 4.78 is 4.96. The second-order valence-electron chi connectivity index (χ2n) is 4.42. The Labute approximate surface area is 95.0 Å². The van der Waals surface area contributed by atoms with Crippen molar-refractivity contribution in [3.63, 3.8) is 0 Å². The number of hydrogen-bond donors (Lipinski definition) is 2. The van der Waals surface area contributed by atoms with E-state index in [9.17, 15) is 9.59 Å². The van der Waals surface area contributed by atoms with Crippen LogP contribution in [0.4, 0.5) is 0 Å². The van der Waals surface area contributed by atoms with Crippen LogP contribution in [0.25, 0.3) is 0 Å². The second-order valence-corrected chi connectivity index (χ2v) is 4.42. The van der Waals surface area contributed by atoms with Gasteiger partial charge in [-0.2, -0.15) is 0 Å².